The smallest absolute Gasteiger partial charge is 0.407 e. The van der Waals surface area contributed by atoms with Gasteiger partial charge in [-0.3, -0.25) is 0 Å². The first-order valence-corrected chi connectivity index (χ1v) is 5.51. The second-order valence-electron chi connectivity index (χ2n) is 3.79. The molecule has 1 aromatic carbocycles. The first-order valence-electron chi connectivity index (χ1n) is 5.13. The normalized spacial score (nSPS) is 20.8. The quantitative estimate of drug-likeness (QED) is 0.789. The number of nitrogens with one attached hydrogen (secondary N) is 1. The number of carbonyl (C=O) groups is 1. The third-order valence-corrected chi connectivity index (χ3v) is 2.97. The SMILES string of the molecule is O=C(O)N1CCNC(c2ccc(Cl)cc2)C1. The zero-order valence-corrected chi connectivity index (χ0v) is 9.44. The van der Waals surface area contributed by atoms with Crippen LogP contribution < -0.4 is 5.32 Å². The van der Waals surface area contributed by atoms with Crippen LogP contribution in [-0.2, 0) is 0 Å². The largest absolute Gasteiger partial charge is 0.465 e. The Labute approximate surface area is 98.8 Å². The second kappa shape index (κ2) is 4.72. The van der Waals surface area contributed by atoms with Gasteiger partial charge in [-0.1, -0.05) is 23.7 Å². The molecule has 16 heavy (non-hydrogen) atoms. The van der Waals surface area contributed by atoms with Gasteiger partial charge in [-0.05, 0) is 17.7 Å². The summed E-state index contributed by atoms with van der Waals surface area (Å²) in [5.41, 5.74) is 1.07. The van der Waals surface area contributed by atoms with E-state index in [2.05, 4.69) is 5.32 Å². The average molecular weight is 241 g/mol. The zero-order chi connectivity index (χ0) is 11.5. The Balaban J connectivity index is 2.09. The van der Waals surface area contributed by atoms with E-state index in [-0.39, 0.29) is 6.04 Å². The number of benzene rings is 1. The van der Waals surface area contributed by atoms with Gasteiger partial charge in [0.2, 0.25) is 0 Å². The van der Waals surface area contributed by atoms with Crippen LogP contribution in [-0.4, -0.2) is 35.7 Å². The van der Waals surface area contributed by atoms with E-state index in [1.54, 1.807) is 0 Å². The van der Waals surface area contributed by atoms with Crippen LogP contribution in [0.5, 0.6) is 0 Å². The van der Waals surface area contributed by atoms with Gasteiger partial charge in [0.05, 0.1) is 6.04 Å². The summed E-state index contributed by atoms with van der Waals surface area (Å²) < 4.78 is 0. The Morgan fingerprint density at radius 2 is 2.12 bits per heavy atom. The second-order valence-corrected chi connectivity index (χ2v) is 4.22. The summed E-state index contributed by atoms with van der Waals surface area (Å²) in [5, 5.41) is 12.9. The Morgan fingerprint density at radius 1 is 1.44 bits per heavy atom. The molecule has 1 amide bonds. The van der Waals surface area contributed by atoms with Crippen molar-refractivity contribution in [3.05, 3.63) is 34.9 Å². The maximum atomic E-state index is 10.9. The van der Waals surface area contributed by atoms with Gasteiger partial charge in [-0.2, -0.15) is 0 Å². The minimum Gasteiger partial charge on any atom is -0.465 e. The number of nitrogens with zero attached hydrogens (tertiary/aromatic N) is 1. The van der Waals surface area contributed by atoms with E-state index in [9.17, 15) is 4.79 Å². The van der Waals surface area contributed by atoms with E-state index in [0.717, 1.165) is 5.56 Å². The van der Waals surface area contributed by atoms with Crippen molar-refractivity contribution in [1.82, 2.24) is 10.2 Å². The molecule has 0 spiro atoms. The third kappa shape index (κ3) is 2.46. The Bertz CT molecular complexity index is 380. The maximum absolute atomic E-state index is 10.9. The highest BCUT2D eigenvalue weighted by molar-refractivity contribution is 6.30. The van der Waals surface area contributed by atoms with Gasteiger partial charge in [0.1, 0.15) is 0 Å². The van der Waals surface area contributed by atoms with Crippen molar-refractivity contribution in [2.24, 2.45) is 0 Å². The van der Waals surface area contributed by atoms with Crippen LogP contribution in [0.25, 0.3) is 0 Å². The molecule has 0 bridgehead atoms. The molecular formula is C11H13ClN2O2. The summed E-state index contributed by atoms with van der Waals surface area (Å²) in [6, 6.07) is 7.54. The summed E-state index contributed by atoms with van der Waals surface area (Å²) >= 11 is 5.80. The maximum Gasteiger partial charge on any atom is 0.407 e. The van der Waals surface area contributed by atoms with Gasteiger partial charge in [0.25, 0.3) is 0 Å². The molecule has 4 nitrogen and oxygen atoms in total. The molecule has 0 aromatic heterocycles. The van der Waals surface area contributed by atoms with E-state index < -0.39 is 6.09 Å². The molecule has 1 heterocycles. The van der Waals surface area contributed by atoms with Gasteiger partial charge < -0.3 is 15.3 Å². The molecule has 2 rings (SSSR count). The van der Waals surface area contributed by atoms with Crippen LogP contribution in [0.3, 0.4) is 0 Å². The van der Waals surface area contributed by atoms with Gasteiger partial charge in [0.15, 0.2) is 0 Å². The van der Waals surface area contributed by atoms with Crippen LogP contribution in [0.1, 0.15) is 11.6 Å². The van der Waals surface area contributed by atoms with Crippen molar-refractivity contribution < 1.29 is 9.90 Å². The van der Waals surface area contributed by atoms with E-state index in [1.165, 1.54) is 4.90 Å². The number of amides is 1. The molecule has 1 saturated heterocycles. The molecule has 1 aliphatic heterocycles. The van der Waals surface area contributed by atoms with Gasteiger partial charge in [0, 0.05) is 24.7 Å². The minimum atomic E-state index is -0.861. The number of piperazine rings is 1. The van der Waals surface area contributed by atoms with Crippen LogP contribution >= 0.6 is 11.6 Å². The highest BCUT2D eigenvalue weighted by Gasteiger charge is 2.23. The van der Waals surface area contributed by atoms with E-state index in [1.807, 2.05) is 24.3 Å². The molecule has 1 aliphatic rings. The van der Waals surface area contributed by atoms with Crippen molar-refractivity contribution in [2.45, 2.75) is 6.04 Å². The number of hydrogen-bond donors (Lipinski definition) is 2. The summed E-state index contributed by atoms with van der Waals surface area (Å²) in [4.78, 5) is 12.3. The molecule has 5 heteroatoms. The molecule has 1 unspecified atom stereocenters. The fourth-order valence-corrected chi connectivity index (χ4v) is 1.97. The number of carboxylic acid groups (broad SMARTS) is 1. The molecule has 1 atom stereocenters. The molecule has 1 fully saturated rings. The Hall–Kier alpha value is -1.26. The van der Waals surface area contributed by atoms with Crippen LogP contribution in [0.4, 0.5) is 4.79 Å². The first kappa shape index (κ1) is 11.2. The lowest BCUT2D eigenvalue weighted by Crippen LogP contribution is -2.47. The predicted octanol–water partition coefficient (Wildman–Crippen LogP) is 1.96. The average Bonchev–Trinajstić information content (AvgIpc) is 2.30. The van der Waals surface area contributed by atoms with Gasteiger partial charge in [-0.25, -0.2) is 4.79 Å². The fraction of sp³-hybridized carbons (Fsp3) is 0.364. The van der Waals surface area contributed by atoms with E-state index in [4.69, 9.17) is 16.7 Å². The number of halogens is 1. The summed E-state index contributed by atoms with van der Waals surface area (Å²) in [5.74, 6) is 0. The van der Waals surface area contributed by atoms with Crippen molar-refractivity contribution in [3.8, 4) is 0 Å². The predicted molar refractivity (Wildman–Crippen MR) is 61.8 cm³/mol. The third-order valence-electron chi connectivity index (χ3n) is 2.72. The first-order chi connectivity index (χ1) is 7.66. The highest BCUT2D eigenvalue weighted by Crippen LogP contribution is 2.19. The Morgan fingerprint density at radius 3 is 2.75 bits per heavy atom. The van der Waals surface area contributed by atoms with Crippen LogP contribution in [0.15, 0.2) is 24.3 Å². The van der Waals surface area contributed by atoms with Crippen molar-refractivity contribution in [1.29, 1.82) is 0 Å². The lowest BCUT2D eigenvalue weighted by Gasteiger charge is -2.32. The number of rotatable bonds is 1. The Kier molecular flexibility index (Phi) is 3.31. The van der Waals surface area contributed by atoms with Crippen molar-refractivity contribution in [2.75, 3.05) is 19.6 Å². The molecule has 0 aliphatic carbocycles. The van der Waals surface area contributed by atoms with Crippen LogP contribution in [0, 0.1) is 0 Å². The van der Waals surface area contributed by atoms with Gasteiger partial charge in [-0.15, -0.1) is 0 Å². The van der Waals surface area contributed by atoms with Crippen molar-refractivity contribution >= 4 is 17.7 Å². The monoisotopic (exact) mass is 240 g/mol. The van der Waals surface area contributed by atoms with E-state index in [0.29, 0.717) is 24.7 Å². The zero-order valence-electron chi connectivity index (χ0n) is 8.69. The summed E-state index contributed by atoms with van der Waals surface area (Å²) in [6.07, 6.45) is -0.861. The topological polar surface area (TPSA) is 52.6 Å². The molecule has 2 N–H and O–H groups in total. The number of hydrogen-bond acceptors (Lipinski definition) is 2. The summed E-state index contributed by atoms with van der Waals surface area (Å²) in [6.45, 7) is 1.70. The molecule has 86 valence electrons. The lowest BCUT2D eigenvalue weighted by atomic mass is 10.1. The molecule has 1 aromatic rings. The molecule has 0 radical (unpaired) electrons. The van der Waals surface area contributed by atoms with Gasteiger partial charge >= 0.3 is 6.09 Å². The fourth-order valence-electron chi connectivity index (χ4n) is 1.84. The highest BCUT2D eigenvalue weighted by atomic mass is 35.5. The molecular weight excluding hydrogens is 228 g/mol. The van der Waals surface area contributed by atoms with Crippen molar-refractivity contribution in [3.63, 3.8) is 0 Å². The molecule has 0 saturated carbocycles. The van der Waals surface area contributed by atoms with Crippen LogP contribution in [0.2, 0.25) is 5.02 Å². The summed E-state index contributed by atoms with van der Waals surface area (Å²) in [7, 11) is 0. The lowest BCUT2D eigenvalue weighted by molar-refractivity contribution is 0.129. The minimum absolute atomic E-state index is 0.0575. The van der Waals surface area contributed by atoms with E-state index >= 15 is 0 Å². The standard InChI is InChI=1S/C11H13ClN2O2/c12-9-3-1-8(2-4-9)10-7-14(11(15)16)6-5-13-10/h1-4,10,13H,5-7H2,(H,15,16).